The van der Waals surface area contributed by atoms with Gasteiger partial charge in [-0.05, 0) is 47.7 Å². The number of rotatable bonds is 9. The van der Waals surface area contributed by atoms with Crippen molar-refractivity contribution in [2.45, 2.75) is 26.2 Å². The summed E-state index contributed by atoms with van der Waals surface area (Å²) in [4.78, 5) is 23.5. The van der Waals surface area contributed by atoms with E-state index in [4.69, 9.17) is 0 Å². The van der Waals surface area contributed by atoms with E-state index in [0.29, 0.717) is 12.1 Å². The number of carbonyl (C=O) groups is 2. The second-order valence-electron chi connectivity index (χ2n) is 4.53. The molecule has 2 N–H and O–H groups in total. The van der Waals surface area contributed by atoms with Gasteiger partial charge in [0, 0.05) is 35.1 Å². The zero-order valence-electron chi connectivity index (χ0n) is 11.7. The van der Waals surface area contributed by atoms with Crippen LogP contribution in [-0.4, -0.2) is 31.3 Å². The molecule has 4 nitrogen and oxygen atoms in total. The predicted octanol–water partition coefficient (Wildman–Crippen LogP) is 2.37. The van der Waals surface area contributed by atoms with E-state index in [1.165, 1.54) is 0 Å². The summed E-state index contributed by atoms with van der Waals surface area (Å²) in [6.07, 6.45) is 1.59. The third-order valence-corrected chi connectivity index (χ3v) is 3.52. The first-order valence-electron chi connectivity index (χ1n) is 6.89. The van der Waals surface area contributed by atoms with Crippen molar-refractivity contribution in [2.75, 3.05) is 19.6 Å². The SMILES string of the molecule is CCCNCCNC(=O)CCC(=O)c1ccc(I)cc1. The zero-order chi connectivity index (χ0) is 14.8. The van der Waals surface area contributed by atoms with Crippen LogP contribution in [0.1, 0.15) is 36.5 Å². The van der Waals surface area contributed by atoms with Gasteiger partial charge in [-0.2, -0.15) is 0 Å². The fraction of sp³-hybridized carbons (Fsp3) is 0.467. The van der Waals surface area contributed by atoms with Crippen LogP contribution < -0.4 is 10.6 Å². The van der Waals surface area contributed by atoms with E-state index in [1.807, 2.05) is 12.1 Å². The van der Waals surface area contributed by atoms with Crippen molar-refractivity contribution in [3.8, 4) is 0 Å². The fourth-order valence-electron chi connectivity index (χ4n) is 1.69. The van der Waals surface area contributed by atoms with Crippen LogP contribution in [0.15, 0.2) is 24.3 Å². The molecular formula is C15H21IN2O2. The van der Waals surface area contributed by atoms with Crippen molar-refractivity contribution >= 4 is 34.3 Å². The van der Waals surface area contributed by atoms with Crippen molar-refractivity contribution in [3.63, 3.8) is 0 Å². The van der Waals surface area contributed by atoms with Crippen molar-refractivity contribution in [1.82, 2.24) is 10.6 Å². The molecule has 0 aliphatic carbocycles. The monoisotopic (exact) mass is 388 g/mol. The summed E-state index contributed by atoms with van der Waals surface area (Å²) in [5.74, 6) is -0.0529. The molecule has 20 heavy (non-hydrogen) atoms. The second kappa shape index (κ2) is 9.88. The quantitative estimate of drug-likeness (QED) is 0.388. The molecule has 1 aromatic carbocycles. The highest BCUT2D eigenvalue weighted by Gasteiger charge is 2.08. The minimum absolute atomic E-state index is 0.0145. The topological polar surface area (TPSA) is 58.2 Å². The predicted molar refractivity (Wildman–Crippen MR) is 88.9 cm³/mol. The summed E-state index contributed by atoms with van der Waals surface area (Å²) in [5.41, 5.74) is 0.669. The Hall–Kier alpha value is -0.950. The normalized spacial score (nSPS) is 10.3. The lowest BCUT2D eigenvalue weighted by Crippen LogP contribution is -2.32. The highest BCUT2D eigenvalue weighted by atomic mass is 127. The van der Waals surface area contributed by atoms with Gasteiger partial charge in [0.15, 0.2) is 5.78 Å². The maximum absolute atomic E-state index is 11.9. The first kappa shape index (κ1) is 17.1. The summed E-state index contributed by atoms with van der Waals surface area (Å²) in [5, 5.41) is 6.01. The number of hydrogen-bond donors (Lipinski definition) is 2. The summed E-state index contributed by atoms with van der Waals surface area (Å²) < 4.78 is 1.09. The van der Waals surface area contributed by atoms with Gasteiger partial charge in [-0.1, -0.05) is 19.1 Å². The van der Waals surface area contributed by atoms with E-state index in [0.717, 1.165) is 23.1 Å². The largest absolute Gasteiger partial charge is 0.355 e. The smallest absolute Gasteiger partial charge is 0.220 e. The van der Waals surface area contributed by atoms with Crippen LogP contribution >= 0.6 is 22.6 Å². The maximum atomic E-state index is 11.9. The Morgan fingerprint density at radius 2 is 1.75 bits per heavy atom. The highest BCUT2D eigenvalue weighted by molar-refractivity contribution is 14.1. The van der Waals surface area contributed by atoms with Gasteiger partial charge in [0.25, 0.3) is 0 Å². The first-order chi connectivity index (χ1) is 9.63. The lowest BCUT2D eigenvalue weighted by molar-refractivity contribution is -0.121. The molecule has 0 aliphatic heterocycles. The van der Waals surface area contributed by atoms with E-state index in [9.17, 15) is 9.59 Å². The van der Waals surface area contributed by atoms with Crippen molar-refractivity contribution < 1.29 is 9.59 Å². The number of nitrogens with one attached hydrogen (secondary N) is 2. The van der Waals surface area contributed by atoms with Crippen LogP contribution in [0.25, 0.3) is 0 Å². The number of amides is 1. The maximum Gasteiger partial charge on any atom is 0.220 e. The summed E-state index contributed by atoms with van der Waals surface area (Å²) in [6.45, 7) is 4.43. The van der Waals surface area contributed by atoms with Gasteiger partial charge >= 0.3 is 0 Å². The van der Waals surface area contributed by atoms with Crippen LogP contribution in [0.5, 0.6) is 0 Å². The Balaban J connectivity index is 2.20. The number of hydrogen-bond acceptors (Lipinski definition) is 3. The first-order valence-corrected chi connectivity index (χ1v) is 7.97. The summed E-state index contributed by atoms with van der Waals surface area (Å²) >= 11 is 2.20. The van der Waals surface area contributed by atoms with Gasteiger partial charge in [-0.15, -0.1) is 0 Å². The number of ketones is 1. The van der Waals surface area contributed by atoms with Crippen molar-refractivity contribution in [1.29, 1.82) is 0 Å². The van der Waals surface area contributed by atoms with E-state index in [2.05, 4.69) is 40.1 Å². The van der Waals surface area contributed by atoms with E-state index in [-0.39, 0.29) is 24.5 Å². The average Bonchev–Trinajstić information content (AvgIpc) is 2.45. The Labute approximate surface area is 133 Å². The van der Waals surface area contributed by atoms with Crippen LogP contribution in [-0.2, 0) is 4.79 Å². The third kappa shape index (κ3) is 7.00. The van der Waals surface area contributed by atoms with Crippen LogP contribution in [0, 0.1) is 3.57 Å². The molecule has 0 atom stereocenters. The van der Waals surface area contributed by atoms with E-state index in [1.54, 1.807) is 12.1 Å². The summed E-state index contributed by atoms with van der Waals surface area (Å²) in [6, 6.07) is 7.40. The number of carbonyl (C=O) groups excluding carboxylic acids is 2. The second-order valence-corrected chi connectivity index (χ2v) is 5.78. The molecule has 0 unspecified atom stereocenters. The summed E-state index contributed by atoms with van der Waals surface area (Å²) in [7, 11) is 0. The van der Waals surface area contributed by atoms with Gasteiger partial charge in [0.05, 0.1) is 0 Å². The molecule has 1 amide bonds. The molecule has 0 saturated heterocycles. The lowest BCUT2D eigenvalue weighted by Gasteiger charge is -2.06. The Kier molecular flexibility index (Phi) is 8.45. The molecule has 0 saturated carbocycles. The third-order valence-electron chi connectivity index (χ3n) is 2.80. The Morgan fingerprint density at radius 3 is 2.40 bits per heavy atom. The molecule has 0 radical (unpaired) electrons. The fourth-order valence-corrected chi connectivity index (χ4v) is 2.05. The molecule has 0 heterocycles. The van der Waals surface area contributed by atoms with Crippen molar-refractivity contribution in [2.24, 2.45) is 0 Å². The molecule has 0 aromatic heterocycles. The highest BCUT2D eigenvalue weighted by Crippen LogP contribution is 2.09. The van der Waals surface area contributed by atoms with Crippen LogP contribution in [0.3, 0.4) is 0 Å². The van der Waals surface area contributed by atoms with E-state index < -0.39 is 0 Å². The van der Waals surface area contributed by atoms with Gasteiger partial charge in [-0.3, -0.25) is 9.59 Å². The van der Waals surface area contributed by atoms with Gasteiger partial charge in [0.2, 0.25) is 5.91 Å². The van der Waals surface area contributed by atoms with Gasteiger partial charge in [0.1, 0.15) is 0 Å². The number of Topliss-reactive ketones (excluding diaryl/α,β-unsaturated/α-hetero) is 1. The Morgan fingerprint density at radius 1 is 1.05 bits per heavy atom. The minimum Gasteiger partial charge on any atom is -0.355 e. The molecule has 0 spiro atoms. The molecular weight excluding hydrogens is 367 g/mol. The molecule has 5 heteroatoms. The van der Waals surface area contributed by atoms with Gasteiger partial charge in [-0.25, -0.2) is 0 Å². The standard InChI is InChI=1S/C15H21IN2O2/c1-2-9-17-10-11-18-15(20)8-7-14(19)12-3-5-13(16)6-4-12/h3-6,17H,2,7-11H2,1H3,(H,18,20). The van der Waals surface area contributed by atoms with Crippen molar-refractivity contribution in [3.05, 3.63) is 33.4 Å². The number of halogens is 1. The van der Waals surface area contributed by atoms with Crippen LogP contribution in [0.2, 0.25) is 0 Å². The molecule has 1 aromatic rings. The molecule has 0 fully saturated rings. The Bertz CT molecular complexity index is 432. The molecule has 110 valence electrons. The molecule has 0 aliphatic rings. The van der Waals surface area contributed by atoms with E-state index >= 15 is 0 Å². The zero-order valence-corrected chi connectivity index (χ0v) is 13.9. The van der Waals surface area contributed by atoms with Crippen LogP contribution in [0.4, 0.5) is 0 Å². The number of benzene rings is 1. The molecule has 0 bridgehead atoms. The van der Waals surface area contributed by atoms with Gasteiger partial charge < -0.3 is 10.6 Å². The lowest BCUT2D eigenvalue weighted by atomic mass is 10.1. The average molecular weight is 388 g/mol. The minimum atomic E-state index is -0.0674. The molecule has 1 rings (SSSR count).